The fraction of sp³-hybridized carbons (Fsp3) is 0.231. The summed E-state index contributed by atoms with van der Waals surface area (Å²) in [5.74, 6) is -0.382. The molecule has 1 heterocycles. The zero-order valence-corrected chi connectivity index (χ0v) is 12.1. The van der Waals surface area contributed by atoms with Crippen molar-refractivity contribution >= 4 is 21.9 Å². The van der Waals surface area contributed by atoms with Crippen LogP contribution in [-0.4, -0.2) is 22.9 Å². The molecule has 20 heavy (non-hydrogen) atoms. The number of hydrogen-bond acceptors (Lipinski definition) is 3. The van der Waals surface area contributed by atoms with Crippen LogP contribution >= 0.6 is 15.9 Å². The Labute approximate surface area is 122 Å². The predicted octanol–water partition coefficient (Wildman–Crippen LogP) is 3.29. The van der Waals surface area contributed by atoms with Gasteiger partial charge < -0.3 is 4.74 Å². The largest absolute Gasteiger partial charge is 0.469 e. The average molecular weight is 345 g/mol. The van der Waals surface area contributed by atoms with E-state index in [4.69, 9.17) is 0 Å². The van der Waals surface area contributed by atoms with Gasteiger partial charge in [-0.1, -0.05) is 15.9 Å². The van der Waals surface area contributed by atoms with E-state index in [-0.39, 0.29) is 18.0 Å². The lowest BCUT2D eigenvalue weighted by molar-refractivity contribution is -0.139. The first kappa shape index (κ1) is 14.6. The van der Waals surface area contributed by atoms with Crippen LogP contribution in [0.5, 0.6) is 0 Å². The van der Waals surface area contributed by atoms with Crippen molar-refractivity contribution in [3.63, 3.8) is 0 Å². The second kappa shape index (κ2) is 6.13. The molecule has 1 aromatic heterocycles. The Morgan fingerprint density at radius 2 is 2.20 bits per heavy atom. The van der Waals surface area contributed by atoms with Gasteiger partial charge in [0.1, 0.15) is 0 Å². The number of ether oxygens (including phenoxy) is 1. The van der Waals surface area contributed by atoms with Gasteiger partial charge >= 0.3 is 5.97 Å². The van der Waals surface area contributed by atoms with E-state index in [0.29, 0.717) is 15.7 Å². The Morgan fingerprint density at radius 1 is 1.45 bits per heavy atom. The number of carbonyl (C=O) groups excluding carboxylic acids is 1. The summed E-state index contributed by atoms with van der Waals surface area (Å²) in [4.78, 5) is 11.2. The van der Waals surface area contributed by atoms with Gasteiger partial charge in [0, 0.05) is 21.8 Å². The van der Waals surface area contributed by atoms with E-state index in [2.05, 4.69) is 25.8 Å². The summed E-state index contributed by atoms with van der Waals surface area (Å²) in [6.07, 6.45) is 0.636. The molecule has 2 rings (SSSR count). The molecule has 0 aliphatic rings. The number of halogens is 3. The number of benzene rings is 1. The summed E-state index contributed by atoms with van der Waals surface area (Å²) in [6.45, 7) is 0. The summed E-state index contributed by atoms with van der Waals surface area (Å²) in [6, 6.07) is 4.37. The molecule has 2 aromatic rings. The van der Waals surface area contributed by atoms with Crippen LogP contribution in [0.1, 0.15) is 17.6 Å². The van der Waals surface area contributed by atoms with Crippen molar-refractivity contribution in [3.05, 3.63) is 46.2 Å². The van der Waals surface area contributed by atoms with Gasteiger partial charge in [0.2, 0.25) is 0 Å². The summed E-state index contributed by atoms with van der Waals surface area (Å²) in [5.41, 5.74) is 1.04. The molecule has 0 atom stereocenters. The lowest BCUT2D eigenvalue weighted by Crippen LogP contribution is -2.03. The minimum absolute atomic E-state index is 0.0895. The van der Waals surface area contributed by atoms with E-state index in [1.54, 1.807) is 12.3 Å². The van der Waals surface area contributed by atoms with Crippen LogP contribution in [0.25, 0.3) is 5.69 Å². The van der Waals surface area contributed by atoms with Crippen LogP contribution in [0.4, 0.5) is 8.78 Å². The van der Waals surface area contributed by atoms with Gasteiger partial charge in [-0.2, -0.15) is 5.10 Å². The SMILES string of the molecule is COC(=O)Cc1cnn(-c2cc(Br)cc(C(F)F)c2)c1. The van der Waals surface area contributed by atoms with Crippen LogP contribution in [0.3, 0.4) is 0 Å². The Bertz CT molecular complexity index is 629. The van der Waals surface area contributed by atoms with Crippen molar-refractivity contribution in [1.82, 2.24) is 9.78 Å². The number of aromatic nitrogens is 2. The van der Waals surface area contributed by atoms with E-state index in [1.165, 1.54) is 30.1 Å². The number of rotatable bonds is 4. The molecule has 0 saturated heterocycles. The molecule has 0 fully saturated rings. The Balaban J connectivity index is 2.30. The normalized spacial score (nSPS) is 10.8. The maximum Gasteiger partial charge on any atom is 0.310 e. The molecule has 1 aromatic carbocycles. The molecular weight excluding hydrogens is 334 g/mol. The van der Waals surface area contributed by atoms with Crippen molar-refractivity contribution in [2.75, 3.05) is 7.11 Å². The fourth-order valence-corrected chi connectivity index (χ4v) is 2.18. The van der Waals surface area contributed by atoms with Gasteiger partial charge in [0.05, 0.1) is 25.4 Å². The lowest BCUT2D eigenvalue weighted by Gasteiger charge is -2.06. The van der Waals surface area contributed by atoms with Crippen LogP contribution in [-0.2, 0) is 16.0 Å². The molecule has 0 spiro atoms. The van der Waals surface area contributed by atoms with Gasteiger partial charge in [-0.25, -0.2) is 13.5 Å². The molecule has 4 nitrogen and oxygen atoms in total. The Morgan fingerprint density at radius 3 is 2.85 bits per heavy atom. The van der Waals surface area contributed by atoms with Crippen LogP contribution in [0.15, 0.2) is 35.1 Å². The quantitative estimate of drug-likeness (QED) is 0.799. The third-order valence-corrected chi connectivity index (χ3v) is 3.09. The smallest absolute Gasteiger partial charge is 0.310 e. The van der Waals surface area contributed by atoms with Crippen molar-refractivity contribution < 1.29 is 18.3 Å². The highest BCUT2D eigenvalue weighted by Crippen LogP contribution is 2.26. The monoisotopic (exact) mass is 344 g/mol. The summed E-state index contributed by atoms with van der Waals surface area (Å²) < 4.78 is 32.0. The van der Waals surface area contributed by atoms with Crippen LogP contribution in [0.2, 0.25) is 0 Å². The van der Waals surface area contributed by atoms with Gasteiger partial charge in [0.15, 0.2) is 0 Å². The topological polar surface area (TPSA) is 44.1 Å². The van der Waals surface area contributed by atoms with Gasteiger partial charge in [0.25, 0.3) is 6.43 Å². The summed E-state index contributed by atoms with van der Waals surface area (Å²) >= 11 is 3.19. The Hall–Kier alpha value is -1.76. The minimum Gasteiger partial charge on any atom is -0.469 e. The molecule has 0 aliphatic carbocycles. The third kappa shape index (κ3) is 3.41. The van der Waals surface area contributed by atoms with Crippen molar-refractivity contribution in [2.45, 2.75) is 12.8 Å². The Kier molecular flexibility index (Phi) is 4.49. The van der Waals surface area contributed by atoms with E-state index in [0.717, 1.165) is 0 Å². The molecule has 0 radical (unpaired) electrons. The second-order valence-corrected chi connectivity index (χ2v) is 5.01. The molecule has 7 heteroatoms. The van der Waals surface area contributed by atoms with Gasteiger partial charge in [-0.15, -0.1) is 0 Å². The molecule has 0 bridgehead atoms. The fourth-order valence-electron chi connectivity index (χ4n) is 1.69. The number of nitrogens with zero attached hydrogens (tertiary/aromatic N) is 2. The van der Waals surface area contributed by atoms with E-state index in [9.17, 15) is 13.6 Å². The average Bonchev–Trinajstić information content (AvgIpc) is 2.86. The molecule has 0 amide bonds. The minimum atomic E-state index is -2.56. The third-order valence-electron chi connectivity index (χ3n) is 2.63. The molecule has 106 valence electrons. The molecular formula is C13H11BrF2N2O2. The van der Waals surface area contributed by atoms with E-state index in [1.807, 2.05) is 0 Å². The molecule has 0 N–H and O–H groups in total. The maximum absolute atomic E-state index is 12.8. The molecule has 0 saturated carbocycles. The summed E-state index contributed by atoms with van der Waals surface area (Å²) in [7, 11) is 1.30. The molecule has 0 aliphatic heterocycles. The van der Waals surface area contributed by atoms with Gasteiger partial charge in [-0.3, -0.25) is 4.79 Å². The lowest BCUT2D eigenvalue weighted by atomic mass is 10.2. The zero-order valence-electron chi connectivity index (χ0n) is 10.5. The van der Waals surface area contributed by atoms with Crippen molar-refractivity contribution in [1.29, 1.82) is 0 Å². The summed E-state index contributed by atoms with van der Waals surface area (Å²) in [5, 5.41) is 4.06. The highest BCUT2D eigenvalue weighted by atomic mass is 79.9. The standard InChI is InChI=1S/C13H11BrF2N2O2/c1-20-12(19)2-8-6-17-18(7-8)11-4-9(13(15)16)3-10(14)5-11/h3-7,13H,2H2,1H3. The number of carbonyl (C=O) groups is 1. The molecule has 0 unspecified atom stereocenters. The van der Waals surface area contributed by atoms with Crippen molar-refractivity contribution in [3.8, 4) is 5.69 Å². The van der Waals surface area contributed by atoms with Crippen molar-refractivity contribution in [2.24, 2.45) is 0 Å². The predicted molar refractivity (Wildman–Crippen MR) is 71.9 cm³/mol. The van der Waals surface area contributed by atoms with Crippen LogP contribution in [0, 0.1) is 0 Å². The van der Waals surface area contributed by atoms with E-state index >= 15 is 0 Å². The first-order valence-electron chi connectivity index (χ1n) is 5.69. The highest BCUT2D eigenvalue weighted by molar-refractivity contribution is 9.10. The number of methoxy groups -OCH3 is 1. The van der Waals surface area contributed by atoms with Crippen LogP contribution < -0.4 is 0 Å². The number of alkyl halides is 2. The zero-order chi connectivity index (χ0) is 14.7. The first-order valence-corrected chi connectivity index (χ1v) is 6.48. The van der Waals surface area contributed by atoms with Gasteiger partial charge in [-0.05, 0) is 18.2 Å². The number of hydrogen-bond donors (Lipinski definition) is 0. The second-order valence-electron chi connectivity index (χ2n) is 4.09. The number of esters is 1. The van der Waals surface area contributed by atoms with E-state index < -0.39 is 6.43 Å². The maximum atomic E-state index is 12.8. The first-order chi connectivity index (χ1) is 9.49. The highest BCUT2D eigenvalue weighted by Gasteiger charge is 2.11.